The number of hydrazone groups is 1. The molecule has 0 aliphatic carbocycles. The predicted octanol–water partition coefficient (Wildman–Crippen LogP) is 5.30. The molecule has 0 aromatic heterocycles. The molecule has 0 fully saturated rings. The van der Waals surface area contributed by atoms with Crippen LogP contribution in [0.15, 0.2) is 71.8 Å². The molecule has 29 heavy (non-hydrogen) atoms. The molecule has 148 valence electrons. The zero-order chi connectivity index (χ0) is 20.6. The van der Waals surface area contributed by atoms with Gasteiger partial charge in [0.05, 0.1) is 27.5 Å². The molecule has 0 aliphatic rings. The Morgan fingerprint density at radius 1 is 1.14 bits per heavy atom. The molecule has 3 aromatic rings. The van der Waals surface area contributed by atoms with Crippen LogP contribution >= 0.6 is 34.2 Å². The maximum atomic E-state index is 12.2. The smallest absolute Gasteiger partial charge is 0.272 e. The van der Waals surface area contributed by atoms with E-state index in [1.165, 1.54) is 0 Å². The first-order valence-electron chi connectivity index (χ1n) is 8.70. The minimum absolute atomic E-state index is 0.364. The lowest BCUT2D eigenvalue weighted by Gasteiger charge is -2.13. The lowest BCUT2D eigenvalue weighted by molar-refractivity contribution is 0.0955. The molecule has 0 bridgehead atoms. The van der Waals surface area contributed by atoms with Crippen LogP contribution in [-0.2, 0) is 6.61 Å². The van der Waals surface area contributed by atoms with Gasteiger partial charge in [-0.2, -0.15) is 5.10 Å². The summed E-state index contributed by atoms with van der Waals surface area (Å²) in [7, 11) is 1.58. The minimum Gasteiger partial charge on any atom is -0.493 e. The van der Waals surface area contributed by atoms with E-state index in [4.69, 9.17) is 21.1 Å². The summed E-state index contributed by atoms with van der Waals surface area (Å²) in [6, 6.07) is 20.4. The van der Waals surface area contributed by atoms with Gasteiger partial charge in [-0.05, 0) is 58.0 Å². The highest BCUT2D eigenvalue weighted by Crippen LogP contribution is 2.34. The van der Waals surface area contributed by atoms with Gasteiger partial charge in [-0.25, -0.2) is 5.43 Å². The molecule has 0 saturated carbocycles. The van der Waals surface area contributed by atoms with Crippen molar-refractivity contribution in [2.75, 3.05) is 7.11 Å². The Morgan fingerprint density at radius 2 is 1.86 bits per heavy atom. The van der Waals surface area contributed by atoms with Crippen LogP contribution in [0.3, 0.4) is 0 Å². The summed E-state index contributed by atoms with van der Waals surface area (Å²) in [6.45, 7) is 0.439. The molecule has 0 atom stereocenters. The van der Waals surface area contributed by atoms with Crippen molar-refractivity contribution in [2.24, 2.45) is 5.10 Å². The Hall–Kier alpha value is -2.58. The third-order valence-corrected chi connectivity index (χ3v) is 5.11. The number of carbonyl (C=O) groups excluding carboxylic acids is 1. The number of hydrogen-bond acceptors (Lipinski definition) is 4. The van der Waals surface area contributed by atoms with Crippen LogP contribution in [0, 0.1) is 3.57 Å². The standard InChI is InChI=1S/C22H18ClIN2O3/c1-28-20-12-16(13-25-26-22(27)17-9-5-6-10-18(17)23)11-19(24)21(20)29-14-15-7-3-2-4-8-15/h2-13H,14H2,1H3,(H,26,27)/b25-13-. The van der Waals surface area contributed by atoms with Crippen molar-refractivity contribution in [1.82, 2.24) is 5.43 Å². The van der Waals surface area contributed by atoms with Gasteiger partial charge in [-0.3, -0.25) is 4.79 Å². The molecule has 1 N–H and O–H groups in total. The summed E-state index contributed by atoms with van der Waals surface area (Å²) in [5, 5.41) is 4.39. The van der Waals surface area contributed by atoms with Crippen molar-refractivity contribution >= 4 is 46.3 Å². The van der Waals surface area contributed by atoms with Crippen LogP contribution in [0.25, 0.3) is 0 Å². The topological polar surface area (TPSA) is 59.9 Å². The molecular formula is C22H18ClIN2O3. The van der Waals surface area contributed by atoms with E-state index in [2.05, 4.69) is 33.1 Å². The molecule has 0 heterocycles. The van der Waals surface area contributed by atoms with E-state index >= 15 is 0 Å². The van der Waals surface area contributed by atoms with Crippen LogP contribution in [0.1, 0.15) is 21.5 Å². The number of methoxy groups -OCH3 is 1. The Kier molecular flexibility index (Phi) is 7.48. The second-order valence-corrected chi connectivity index (χ2v) is 7.56. The monoisotopic (exact) mass is 520 g/mol. The van der Waals surface area contributed by atoms with E-state index in [0.29, 0.717) is 28.7 Å². The lowest BCUT2D eigenvalue weighted by Crippen LogP contribution is -2.17. The number of nitrogens with zero attached hydrogens (tertiary/aromatic N) is 1. The van der Waals surface area contributed by atoms with Crippen LogP contribution in [0.4, 0.5) is 0 Å². The maximum Gasteiger partial charge on any atom is 0.272 e. The molecule has 3 rings (SSSR count). The fraction of sp³-hybridized carbons (Fsp3) is 0.0909. The van der Waals surface area contributed by atoms with Gasteiger partial charge in [0.2, 0.25) is 0 Å². The number of carbonyl (C=O) groups is 1. The molecular weight excluding hydrogens is 503 g/mol. The van der Waals surface area contributed by atoms with Crippen molar-refractivity contribution in [3.63, 3.8) is 0 Å². The second kappa shape index (κ2) is 10.3. The summed E-state index contributed by atoms with van der Waals surface area (Å²) < 4.78 is 12.3. The molecule has 1 amide bonds. The number of benzene rings is 3. The normalized spacial score (nSPS) is 10.7. The fourth-order valence-electron chi connectivity index (χ4n) is 2.56. The van der Waals surface area contributed by atoms with Gasteiger partial charge in [0.15, 0.2) is 11.5 Å². The third kappa shape index (κ3) is 5.71. The summed E-state index contributed by atoms with van der Waals surface area (Å²) in [4.78, 5) is 12.2. The summed E-state index contributed by atoms with van der Waals surface area (Å²) >= 11 is 8.21. The SMILES string of the molecule is COc1cc(/C=N\NC(=O)c2ccccc2Cl)cc(I)c1OCc1ccccc1. The largest absolute Gasteiger partial charge is 0.493 e. The van der Waals surface area contributed by atoms with Crippen molar-refractivity contribution in [1.29, 1.82) is 0 Å². The van der Waals surface area contributed by atoms with Gasteiger partial charge < -0.3 is 9.47 Å². The number of rotatable bonds is 7. The first-order chi connectivity index (χ1) is 14.1. The Balaban J connectivity index is 1.70. The van der Waals surface area contributed by atoms with Crippen molar-refractivity contribution < 1.29 is 14.3 Å². The highest BCUT2D eigenvalue weighted by Gasteiger charge is 2.12. The van der Waals surface area contributed by atoms with E-state index in [9.17, 15) is 4.79 Å². The van der Waals surface area contributed by atoms with Gasteiger partial charge in [0.1, 0.15) is 6.61 Å². The van der Waals surface area contributed by atoms with Crippen LogP contribution in [0.5, 0.6) is 11.5 Å². The van der Waals surface area contributed by atoms with Crippen LogP contribution in [-0.4, -0.2) is 19.2 Å². The quantitative estimate of drug-likeness (QED) is 0.261. The molecule has 3 aromatic carbocycles. The predicted molar refractivity (Wildman–Crippen MR) is 123 cm³/mol. The number of ether oxygens (including phenoxy) is 2. The fourth-order valence-corrected chi connectivity index (χ4v) is 3.56. The molecule has 0 radical (unpaired) electrons. The molecule has 0 aliphatic heterocycles. The third-order valence-electron chi connectivity index (χ3n) is 3.98. The molecule has 0 unspecified atom stereocenters. The van der Waals surface area contributed by atoms with E-state index in [-0.39, 0.29) is 5.91 Å². The van der Waals surface area contributed by atoms with E-state index in [1.807, 2.05) is 36.4 Å². The zero-order valence-electron chi connectivity index (χ0n) is 15.6. The second-order valence-electron chi connectivity index (χ2n) is 5.99. The number of hydrogen-bond donors (Lipinski definition) is 1. The Labute approximate surface area is 187 Å². The van der Waals surface area contributed by atoms with Gasteiger partial charge in [0, 0.05) is 0 Å². The van der Waals surface area contributed by atoms with E-state index in [1.54, 1.807) is 43.7 Å². The first-order valence-corrected chi connectivity index (χ1v) is 10.2. The molecule has 5 nitrogen and oxygen atoms in total. The first kappa shape index (κ1) is 21.1. The van der Waals surface area contributed by atoms with Crippen molar-refractivity contribution in [2.45, 2.75) is 6.61 Å². The van der Waals surface area contributed by atoms with Crippen molar-refractivity contribution in [3.05, 3.63) is 92.0 Å². The molecule has 0 spiro atoms. The zero-order valence-corrected chi connectivity index (χ0v) is 18.5. The van der Waals surface area contributed by atoms with Gasteiger partial charge >= 0.3 is 0 Å². The molecule has 7 heteroatoms. The lowest BCUT2D eigenvalue weighted by atomic mass is 10.2. The average molecular weight is 521 g/mol. The van der Waals surface area contributed by atoms with E-state index in [0.717, 1.165) is 14.7 Å². The average Bonchev–Trinajstić information content (AvgIpc) is 2.73. The van der Waals surface area contributed by atoms with Crippen molar-refractivity contribution in [3.8, 4) is 11.5 Å². The van der Waals surface area contributed by atoms with E-state index < -0.39 is 0 Å². The van der Waals surface area contributed by atoms with Gasteiger partial charge in [0.25, 0.3) is 5.91 Å². The van der Waals surface area contributed by atoms with Crippen LogP contribution in [0.2, 0.25) is 5.02 Å². The summed E-state index contributed by atoms with van der Waals surface area (Å²) in [5.41, 5.74) is 4.67. The summed E-state index contributed by atoms with van der Waals surface area (Å²) in [5.74, 6) is 0.872. The van der Waals surface area contributed by atoms with Crippen LogP contribution < -0.4 is 14.9 Å². The minimum atomic E-state index is -0.378. The number of amides is 1. The summed E-state index contributed by atoms with van der Waals surface area (Å²) in [6.07, 6.45) is 1.54. The molecule has 0 saturated heterocycles. The van der Waals surface area contributed by atoms with Gasteiger partial charge in [-0.15, -0.1) is 0 Å². The number of halogens is 2. The highest BCUT2D eigenvalue weighted by molar-refractivity contribution is 14.1. The van der Waals surface area contributed by atoms with Gasteiger partial charge in [-0.1, -0.05) is 54.1 Å². The number of nitrogens with one attached hydrogen (secondary N) is 1. The maximum absolute atomic E-state index is 12.2. The highest BCUT2D eigenvalue weighted by atomic mass is 127. The Morgan fingerprint density at radius 3 is 2.59 bits per heavy atom. The Bertz CT molecular complexity index is 1030.